The molecule has 10 heavy (non-hydrogen) atoms. The van der Waals surface area contributed by atoms with Crippen molar-refractivity contribution in [3.8, 4) is 0 Å². The van der Waals surface area contributed by atoms with Crippen LogP contribution >= 0.6 is 0 Å². The Balaban J connectivity index is 3.00. The lowest BCUT2D eigenvalue weighted by Gasteiger charge is -1.86. The molecule has 4 nitrogen and oxygen atoms in total. The maximum atomic E-state index is 10.0. The van der Waals surface area contributed by atoms with Crippen LogP contribution in [0.5, 0.6) is 0 Å². The first-order chi connectivity index (χ1) is 4.86. The molecule has 0 radical (unpaired) electrons. The van der Waals surface area contributed by atoms with Gasteiger partial charge < -0.3 is 0 Å². The summed E-state index contributed by atoms with van der Waals surface area (Å²) in [5.74, 6) is 0. The maximum absolute atomic E-state index is 10.0. The molecular formula is C6H4N2O2. The summed E-state index contributed by atoms with van der Waals surface area (Å²) in [7, 11) is 0. The van der Waals surface area contributed by atoms with Gasteiger partial charge in [0.05, 0.1) is 6.20 Å². The van der Waals surface area contributed by atoms with Gasteiger partial charge in [0.1, 0.15) is 11.4 Å². The fourth-order valence-electron chi connectivity index (χ4n) is 0.521. The van der Waals surface area contributed by atoms with Crippen LogP contribution in [0.1, 0.15) is 10.5 Å². The zero-order chi connectivity index (χ0) is 7.40. The lowest BCUT2D eigenvalue weighted by atomic mass is 10.3. The average Bonchev–Trinajstić information content (AvgIpc) is 2.05. The lowest BCUT2D eigenvalue weighted by molar-refractivity contribution is 0.111. The van der Waals surface area contributed by atoms with Crippen LogP contribution in [0.4, 0.5) is 5.69 Å². The summed E-state index contributed by atoms with van der Waals surface area (Å²) >= 11 is 0. The van der Waals surface area contributed by atoms with Gasteiger partial charge in [0.25, 0.3) is 0 Å². The van der Waals surface area contributed by atoms with E-state index in [9.17, 15) is 9.70 Å². The third-order valence-electron chi connectivity index (χ3n) is 0.997. The van der Waals surface area contributed by atoms with Crippen LogP contribution in [0.25, 0.3) is 0 Å². The molecular weight excluding hydrogens is 132 g/mol. The van der Waals surface area contributed by atoms with E-state index < -0.39 is 0 Å². The van der Waals surface area contributed by atoms with E-state index >= 15 is 0 Å². The van der Waals surface area contributed by atoms with E-state index in [1.807, 2.05) is 0 Å². The number of hydrogen-bond donors (Lipinski definition) is 0. The van der Waals surface area contributed by atoms with Gasteiger partial charge in [0, 0.05) is 0 Å². The standard InChI is InChI=1S/C6H4N2O2/c9-4-6-2-1-5(8-10)3-7-6/h1-4H. The van der Waals surface area contributed by atoms with Gasteiger partial charge in [-0.2, -0.15) is 0 Å². The normalized spacial score (nSPS) is 8.80. The molecule has 0 fully saturated rings. The largest absolute Gasteiger partial charge is 0.296 e. The second kappa shape index (κ2) is 2.82. The molecule has 0 saturated heterocycles. The fraction of sp³-hybridized carbons (Fsp3) is 0. The highest BCUT2D eigenvalue weighted by Gasteiger charge is 1.91. The fourth-order valence-corrected chi connectivity index (χ4v) is 0.521. The van der Waals surface area contributed by atoms with Crippen LogP contribution in [0.15, 0.2) is 23.5 Å². The first-order valence-electron chi connectivity index (χ1n) is 2.61. The predicted molar refractivity (Wildman–Crippen MR) is 35.1 cm³/mol. The number of hydrogen-bond acceptors (Lipinski definition) is 4. The van der Waals surface area contributed by atoms with E-state index in [2.05, 4.69) is 10.2 Å². The minimum Gasteiger partial charge on any atom is -0.296 e. The highest BCUT2D eigenvalue weighted by Crippen LogP contribution is 2.07. The highest BCUT2D eigenvalue weighted by atomic mass is 16.3. The quantitative estimate of drug-likeness (QED) is 0.454. The van der Waals surface area contributed by atoms with E-state index in [0.717, 1.165) is 0 Å². The molecule has 0 atom stereocenters. The summed E-state index contributed by atoms with van der Waals surface area (Å²) in [6.07, 6.45) is 1.85. The number of rotatable bonds is 2. The van der Waals surface area contributed by atoms with Gasteiger partial charge in [-0.25, -0.2) is 0 Å². The lowest BCUT2D eigenvalue weighted by Crippen LogP contribution is -1.82. The Labute approximate surface area is 56.9 Å². The highest BCUT2D eigenvalue weighted by molar-refractivity contribution is 5.71. The number of nitroso groups, excluding NO2 is 1. The Hall–Kier alpha value is -1.58. The van der Waals surface area contributed by atoms with Crippen molar-refractivity contribution in [1.82, 2.24) is 4.98 Å². The van der Waals surface area contributed by atoms with Gasteiger partial charge in [-0.15, -0.1) is 4.91 Å². The number of carbonyl (C=O) groups is 1. The molecule has 1 heterocycles. The van der Waals surface area contributed by atoms with Crippen LogP contribution in [-0.2, 0) is 0 Å². The van der Waals surface area contributed by atoms with Crippen molar-refractivity contribution in [3.05, 3.63) is 28.9 Å². The van der Waals surface area contributed by atoms with Gasteiger partial charge in [0.2, 0.25) is 0 Å². The Kier molecular flexibility index (Phi) is 1.84. The summed E-state index contributed by atoms with van der Waals surface area (Å²) in [6, 6.07) is 2.87. The van der Waals surface area contributed by atoms with E-state index in [-0.39, 0.29) is 5.69 Å². The first kappa shape index (κ1) is 6.54. The summed E-state index contributed by atoms with van der Waals surface area (Å²) in [4.78, 5) is 23.5. The molecule has 0 bridgehead atoms. The third-order valence-corrected chi connectivity index (χ3v) is 0.997. The molecule has 4 heteroatoms. The van der Waals surface area contributed by atoms with Crippen molar-refractivity contribution < 1.29 is 4.79 Å². The molecule has 0 amide bonds. The van der Waals surface area contributed by atoms with Crippen molar-refractivity contribution in [3.63, 3.8) is 0 Å². The van der Waals surface area contributed by atoms with Crippen LogP contribution in [0, 0.1) is 4.91 Å². The smallest absolute Gasteiger partial charge is 0.168 e. The number of nitrogens with zero attached hydrogens (tertiary/aromatic N) is 2. The Bertz CT molecular complexity index is 215. The predicted octanol–water partition coefficient (Wildman–Crippen LogP) is 1.29. The molecule has 0 aliphatic carbocycles. The number of aromatic nitrogens is 1. The van der Waals surface area contributed by atoms with E-state index in [0.29, 0.717) is 12.0 Å². The van der Waals surface area contributed by atoms with Crippen molar-refractivity contribution in [1.29, 1.82) is 0 Å². The van der Waals surface area contributed by atoms with E-state index in [1.165, 1.54) is 18.3 Å². The zero-order valence-corrected chi connectivity index (χ0v) is 5.02. The second-order valence-electron chi connectivity index (χ2n) is 1.65. The summed E-state index contributed by atoms with van der Waals surface area (Å²) in [5.41, 5.74) is 0.526. The van der Waals surface area contributed by atoms with Crippen LogP contribution in [-0.4, -0.2) is 11.3 Å². The minimum atomic E-state index is 0.227. The molecule has 0 aliphatic heterocycles. The van der Waals surface area contributed by atoms with Crippen molar-refractivity contribution in [2.24, 2.45) is 5.18 Å². The third kappa shape index (κ3) is 1.22. The molecule has 0 spiro atoms. The Morgan fingerprint density at radius 1 is 1.50 bits per heavy atom. The minimum absolute atomic E-state index is 0.227. The van der Waals surface area contributed by atoms with E-state index in [1.54, 1.807) is 0 Å². The molecule has 1 aromatic heterocycles. The Morgan fingerprint density at radius 3 is 2.70 bits per heavy atom. The first-order valence-corrected chi connectivity index (χ1v) is 2.61. The van der Waals surface area contributed by atoms with Crippen molar-refractivity contribution in [2.45, 2.75) is 0 Å². The molecule has 0 aromatic carbocycles. The summed E-state index contributed by atoms with van der Waals surface area (Å²) in [5, 5.41) is 2.62. The van der Waals surface area contributed by atoms with Gasteiger partial charge in [0.15, 0.2) is 6.29 Å². The van der Waals surface area contributed by atoms with E-state index in [4.69, 9.17) is 0 Å². The number of aldehydes is 1. The van der Waals surface area contributed by atoms with Gasteiger partial charge in [-0.3, -0.25) is 9.78 Å². The second-order valence-corrected chi connectivity index (χ2v) is 1.65. The maximum Gasteiger partial charge on any atom is 0.168 e. The topological polar surface area (TPSA) is 59.4 Å². The van der Waals surface area contributed by atoms with Crippen LogP contribution in [0.3, 0.4) is 0 Å². The molecule has 0 unspecified atom stereocenters. The van der Waals surface area contributed by atoms with Crippen molar-refractivity contribution in [2.75, 3.05) is 0 Å². The van der Waals surface area contributed by atoms with Crippen molar-refractivity contribution >= 4 is 12.0 Å². The van der Waals surface area contributed by atoms with Crippen LogP contribution < -0.4 is 0 Å². The monoisotopic (exact) mass is 136 g/mol. The van der Waals surface area contributed by atoms with Gasteiger partial charge in [-0.1, -0.05) is 0 Å². The Morgan fingerprint density at radius 2 is 2.30 bits per heavy atom. The molecule has 50 valence electrons. The molecule has 0 aliphatic rings. The average molecular weight is 136 g/mol. The SMILES string of the molecule is O=Cc1ccc(N=O)cn1. The summed E-state index contributed by atoms with van der Waals surface area (Å²) in [6.45, 7) is 0. The van der Waals surface area contributed by atoms with Crippen LogP contribution in [0.2, 0.25) is 0 Å². The summed E-state index contributed by atoms with van der Waals surface area (Å²) < 4.78 is 0. The molecule has 1 rings (SSSR count). The number of carbonyl (C=O) groups excluding carboxylic acids is 1. The molecule has 0 N–H and O–H groups in total. The van der Waals surface area contributed by atoms with Gasteiger partial charge >= 0.3 is 0 Å². The molecule has 0 saturated carbocycles. The number of pyridine rings is 1. The van der Waals surface area contributed by atoms with Gasteiger partial charge in [-0.05, 0) is 17.3 Å². The molecule has 1 aromatic rings. The zero-order valence-electron chi connectivity index (χ0n) is 5.02.